The molecule has 0 aromatic rings. The van der Waals surface area contributed by atoms with Crippen LogP contribution in [0.2, 0.25) is 5.31 Å². The van der Waals surface area contributed by atoms with Gasteiger partial charge < -0.3 is 9.31 Å². The van der Waals surface area contributed by atoms with Gasteiger partial charge in [-0.05, 0) is 47.0 Å². The SMILES string of the molecule is CC1(C)OB(C23CC(C(F)(C(F)(F)F)C(F)(F)F)(C2)C3)OC1(C)C. The number of hydrogen-bond donors (Lipinski definition) is 0. The minimum atomic E-state index is -6.01. The van der Waals surface area contributed by atoms with E-state index >= 15 is 0 Å². The Morgan fingerprint density at radius 3 is 1.33 bits per heavy atom. The smallest absolute Gasteiger partial charge is 0.403 e. The molecule has 0 N–H and O–H groups in total. The van der Waals surface area contributed by atoms with Crippen molar-refractivity contribution in [2.45, 2.75) is 81.5 Å². The highest BCUT2D eigenvalue weighted by Gasteiger charge is 2.92. The average molecular weight is 362 g/mol. The third-order valence-electron chi connectivity index (χ3n) is 6.34. The predicted octanol–water partition coefficient (Wildman–Crippen LogP) is 4.84. The van der Waals surface area contributed by atoms with E-state index in [1.54, 1.807) is 27.7 Å². The molecule has 3 aliphatic carbocycles. The van der Waals surface area contributed by atoms with E-state index < -0.39 is 66.3 Å². The molecule has 0 spiro atoms. The molecule has 3 saturated carbocycles. The molecule has 4 rings (SSSR count). The van der Waals surface area contributed by atoms with Gasteiger partial charge in [-0.2, -0.15) is 26.3 Å². The standard InChI is InChI=1S/C14H18BF7O2/c1-8(2)9(3,4)24-15(23-8)11-5-10(6-11,7-11)12(16,13(17,18)19)14(20,21)22/h5-7H2,1-4H3. The topological polar surface area (TPSA) is 18.5 Å². The summed E-state index contributed by atoms with van der Waals surface area (Å²) < 4.78 is 103. The molecule has 0 amide bonds. The van der Waals surface area contributed by atoms with Crippen LogP contribution < -0.4 is 0 Å². The second-order valence-corrected chi connectivity index (χ2v) is 8.42. The van der Waals surface area contributed by atoms with Gasteiger partial charge in [0.1, 0.15) is 0 Å². The summed E-state index contributed by atoms with van der Waals surface area (Å²) in [6.45, 7) is 6.94. The van der Waals surface area contributed by atoms with Gasteiger partial charge >= 0.3 is 25.1 Å². The van der Waals surface area contributed by atoms with Crippen molar-refractivity contribution in [3.8, 4) is 0 Å². The lowest BCUT2D eigenvalue weighted by molar-refractivity contribution is -0.415. The van der Waals surface area contributed by atoms with Crippen molar-refractivity contribution >= 4 is 7.12 Å². The molecule has 2 bridgehead atoms. The summed E-state index contributed by atoms with van der Waals surface area (Å²) in [6.07, 6.45) is -13.7. The highest BCUT2D eigenvalue weighted by molar-refractivity contribution is 6.51. The summed E-state index contributed by atoms with van der Waals surface area (Å²) in [4.78, 5) is 0. The molecule has 0 aromatic carbocycles. The minimum absolute atomic E-state index is 0.549. The lowest BCUT2D eigenvalue weighted by Gasteiger charge is -2.74. The molecule has 10 heteroatoms. The maximum Gasteiger partial charge on any atom is 0.464 e. The molecule has 4 aliphatic rings. The summed E-state index contributed by atoms with van der Waals surface area (Å²) in [5, 5.41) is -0.973. The van der Waals surface area contributed by atoms with E-state index in [0.29, 0.717) is 0 Å². The van der Waals surface area contributed by atoms with E-state index in [9.17, 15) is 30.7 Å². The minimum Gasteiger partial charge on any atom is -0.403 e. The Morgan fingerprint density at radius 2 is 1.04 bits per heavy atom. The number of hydrogen-bond acceptors (Lipinski definition) is 2. The fourth-order valence-electron chi connectivity index (χ4n) is 4.34. The monoisotopic (exact) mass is 362 g/mol. The summed E-state index contributed by atoms with van der Waals surface area (Å²) in [7, 11) is -0.921. The quantitative estimate of drug-likeness (QED) is 0.517. The largest absolute Gasteiger partial charge is 0.464 e. The van der Waals surface area contributed by atoms with Crippen LogP contribution in [-0.2, 0) is 9.31 Å². The third-order valence-corrected chi connectivity index (χ3v) is 6.34. The third kappa shape index (κ3) is 1.87. The van der Waals surface area contributed by atoms with Crippen LogP contribution in [-0.4, -0.2) is 36.3 Å². The molecule has 0 aromatic heterocycles. The fourth-order valence-corrected chi connectivity index (χ4v) is 4.34. The van der Waals surface area contributed by atoms with Crippen molar-refractivity contribution in [2.75, 3.05) is 0 Å². The van der Waals surface area contributed by atoms with E-state index in [1.165, 1.54) is 0 Å². The van der Waals surface area contributed by atoms with E-state index in [0.717, 1.165) is 0 Å². The van der Waals surface area contributed by atoms with Gasteiger partial charge in [-0.25, -0.2) is 4.39 Å². The first-order valence-corrected chi connectivity index (χ1v) is 7.61. The van der Waals surface area contributed by atoms with E-state index in [1.807, 2.05) is 0 Å². The Labute approximate surface area is 135 Å². The first-order valence-electron chi connectivity index (χ1n) is 7.61. The maximum absolute atomic E-state index is 14.3. The van der Waals surface area contributed by atoms with Crippen molar-refractivity contribution in [2.24, 2.45) is 5.41 Å². The maximum atomic E-state index is 14.3. The van der Waals surface area contributed by atoms with Gasteiger partial charge in [-0.3, -0.25) is 0 Å². The lowest BCUT2D eigenvalue weighted by atomic mass is 9.21. The molecular weight excluding hydrogens is 344 g/mol. The van der Waals surface area contributed by atoms with Crippen molar-refractivity contribution in [1.82, 2.24) is 0 Å². The normalized spacial score (nSPS) is 37.9. The number of alkyl halides is 7. The Bertz CT molecular complexity index is 517. The second kappa shape index (κ2) is 4.24. The number of halogens is 7. The van der Waals surface area contributed by atoms with Crippen LogP contribution in [0.5, 0.6) is 0 Å². The predicted molar refractivity (Wildman–Crippen MR) is 71.0 cm³/mol. The molecule has 1 aliphatic heterocycles. The van der Waals surface area contributed by atoms with Crippen molar-refractivity contribution in [3.63, 3.8) is 0 Å². The molecule has 1 saturated heterocycles. The zero-order valence-corrected chi connectivity index (χ0v) is 13.7. The molecule has 24 heavy (non-hydrogen) atoms. The van der Waals surface area contributed by atoms with E-state index in [4.69, 9.17) is 9.31 Å². The zero-order chi connectivity index (χ0) is 18.6. The average Bonchev–Trinajstić information content (AvgIpc) is 2.39. The van der Waals surface area contributed by atoms with Crippen LogP contribution in [0.25, 0.3) is 0 Å². The molecule has 138 valence electrons. The van der Waals surface area contributed by atoms with Crippen LogP contribution in [0.4, 0.5) is 30.7 Å². The van der Waals surface area contributed by atoms with Gasteiger partial charge in [-0.15, -0.1) is 0 Å². The summed E-state index contributed by atoms with van der Waals surface area (Å²) >= 11 is 0. The fraction of sp³-hybridized carbons (Fsp3) is 1.00. The van der Waals surface area contributed by atoms with E-state index in [2.05, 4.69) is 0 Å². The van der Waals surface area contributed by atoms with Crippen molar-refractivity contribution in [3.05, 3.63) is 0 Å². The summed E-state index contributed by atoms with van der Waals surface area (Å²) in [5.41, 5.74) is -9.16. The molecular formula is C14H18BF7O2. The van der Waals surface area contributed by atoms with Crippen LogP contribution in [0.15, 0.2) is 0 Å². The first kappa shape index (κ1) is 18.3. The first-order chi connectivity index (χ1) is 10.4. The van der Waals surface area contributed by atoms with Crippen molar-refractivity contribution in [1.29, 1.82) is 0 Å². The van der Waals surface area contributed by atoms with E-state index in [-0.39, 0.29) is 0 Å². The highest BCUT2D eigenvalue weighted by Crippen LogP contribution is 2.87. The second-order valence-electron chi connectivity index (χ2n) is 8.42. The zero-order valence-electron chi connectivity index (χ0n) is 13.7. The Balaban J connectivity index is 1.82. The van der Waals surface area contributed by atoms with Gasteiger partial charge in [0.15, 0.2) is 0 Å². The Hall–Kier alpha value is -0.505. The molecule has 2 nitrogen and oxygen atoms in total. The molecule has 0 atom stereocenters. The van der Waals surface area contributed by atoms with Crippen LogP contribution >= 0.6 is 0 Å². The number of rotatable bonds is 2. The van der Waals surface area contributed by atoms with Gasteiger partial charge in [-0.1, -0.05) is 0 Å². The van der Waals surface area contributed by atoms with Crippen LogP contribution in [0, 0.1) is 5.41 Å². The highest BCUT2D eigenvalue weighted by atomic mass is 19.4. The Morgan fingerprint density at radius 1 is 0.708 bits per heavy atom. The van der Waals surface area contributed by atoms with Gasteiger partial charge in [0.05, 0.1) is 11.2 Å². The lowest BCUT2D eigenvalue weighted by Crippen LogP contribution is -2.78. The molecule has 4 fully saturated rings. The molecule has 0 unspecified atom stereocenters. The summed E-state index contributed by atoms with van der Waals surface area (Å²) in [6, 6.07) is 0. The van der Waals surface area contributed by atoms with Gasteiger partial charge in [0.25, 0.3) is 0 Å². The van der Waals surface area contributed by atoms with Gasteiger partial charge in [0, 0.05) is 10.7 Å². The van der Waals surface area contributed by atoms with Crippen LogP contribution in [0.1, 0.15) is 47.0 Å². The van der Waals surface area contributed by atoms with Gasteiger partial charge in [0.2, 0.25) is 0 Å². The van der Waals surface area contributed by atoms with Crippen LogP contribution in [0.3, 0.4) is 0 Å². The molecule has 1 heterocycles. The molecule has 0 radical (unpaired) electrons. The van der Waals surface area contributed by atoms with Crippen molar-refractivity contribution < 1.29 is 40.0 Å². The summed E-state index contributed by atoms with van der Waals surface area (Å²) in [5.74, 6) is 0. The Kier molecular flexibility index (Phi) is 3.23.